The summed E-state index contributed by atoms with van der Waals surface area (Å²) in [4.78, 5) is 0. The molecule has 29 heavy (non-hydrogen) atoms. The number of hydrogen-bond acceptors (Lipinski definition) is 4. The van der Waals surface area contributed by atoms with Gasteiger partial charge in [-0.3, -0.25) is 4.68 Å². The molecule has 4 rings (SSSR count). The van der Waals surface area contributed by atoms with Crippen molar-refractivity contribution in [2.45, 2.75) is 10.6 Å². The molecule has 0 bridgehead atoms. The van der Waals surface area contributed by atoms with Gasteiger partial charge in [0.05, 0.1) is 0 Å². The minimum Gasteiger partial charge on any atom is -0.423 e. The lowest BCUT2D eigenvalue weighted by atomic mass is 9.76. The highest BCUT2D eigenvalue weighted by Gasteiger charge is 2.40. The molecule has 1 heterocycles. The summed E-state index contributed by atoms with van der Waals surface area (Å²) in [6.45, 7) is 0. The van der Waals surface area contributed by atoms with E-state index in [1.807, 2.05) is 65.5 Å². The molecular weight excluding hydrogens is 379 g/mol. The van der Waals surface area contributed by atoms with Gasteiger partial charge in [0, 0.05) is 11.7 Å². The smallest absolute Gasteiger partial charge is 0.423 e. The standard InChI is InChI=1S/C23H21BN2O2S/c1-29-22-21(24(27)28)17-26(25-22)23(18-11-5-2-6-12-18,19-13-7-3-8-14-19)20-15-9-4-10-16-20/h2-17,27-28H,1H3. The van der Waals surface area contributed by atoms with Gasteiger partial charge in [-0.1, -0.05) is 91.0 Å². The maximum Gasteiger partial charge on any atom is 0.492 e. The van der Waals surface area contributed by atoms with Crippen molar-refractivity contribution in [1.29, 1.82) is 0 Å². The normalized spacial score (nSPS) is 11.4. The third kappa shape index (κ3) is 3.40. The van der Waals surface area contributed by atoms with Gasteiger partial charge in [-0.15, -0.1) is 11.8 Å². The molecule has 0 fully saturated rings. The number of aromatic nitrogens is 2. The average molecular weight is 400 g/mol. The summed E-state index contributed by atoms with van der Waals surface area (Å²) in [7, 11) is -1.59. The third-order valence-corrected chi connectivity index (χ3v) is 5.80. The van der Waals surface area contributed by atoms with Crippen molar-refractivity contribution in [2.24, 2.45) is 0 Å². The monoisotopic (exact) mass is 400 g/mol. The van der Waals surface area contributed by atoms with Crippen LogP contribution in [0.5, 0.6) is 0 Å². The van der Waals surface area contributed by atoms with E-state index < -0.39 is 12.7 Å². The Balaban J connectivity index is 2.12. The highest BCUT2D eigenvalue weighted by atomic mass is 32.2. The largest absolute Gasteiger partial charge is 0.492 e. The van der Waals surface area contributed by atoms with E-state index in [0.717, 1.165) is 16.7 Å². The molecule has 0 saturated heterocycles. The molecule has 0 aliphatic heterocycles. The van der Waals surface area contributed by atoms with E-state index >= 15 is 0 Å². The molecular formula is C23H21BN2O2S. The second-order valence-corrected chi connectivity index (χ2v) is 7.52. The fourth-order valence-corrected chi connectivity index (χ4v) is 4.38. The predicted molar refractivity (Wildman–Crippen MR) is 118 cm³/mol. The van der Waals surface area contributed by atoms with Crippen molar-refractivity contribution in [3.8, 4) is 0 Å². The zero-order valence-electron chi connectivity index (χ0n) is 16.0. The number of benzene rings is 3. The molecule has 1 aromatic heterocycles. The van der Waals surface area contributed by atoms with Crippen LogP contribution in [0.2, 0.25) is 0 Å². The second kappa shape index (κ2) is 8.29. The number of rotatable bonds is 6. The van der Waals surface area contributed by atoms with E-state index in [4.69, 9.17) is 5.10 Å². The fourth-order valence-electron chi connectivity index (χ4n) is 3.81. The van der Waals surface area contributed by atoms with Crippen molar-refractivity contribution in [2.75, 3.05) is 6.26 Å². The Kier molecular flexibility index (Phi) is 5.58. The number of thioether (sulfide) groups is 1. The summed E-state index contributed by atoms with van der Waals surface area (Å²) < 4.78 is 1.85. The van der Waals surface area contributed by atoms with Gasteiger partial charge in [0.2, 0.25) is 0 Å². The van der Waals surface area contributed by atoms with Gasteiger partial charge in [-0.25, -0.2) is 0 Å². The van der Waals surface area contributed by atoms with Crippen molar-refractivity contribution in [3.05, 3.63) is 114 Å². The van der Waals surface area contributed by atoms with Gasteiger partial charge in [-0.05, 0) is 22.9 Å². The van der Waals surface area contributed by atoms with E-state index in [2.05, 4.69) is 36.4 Å². The topological polar surface area (TPSA) is 58.3 Å². The van der Waals surface area contributed by atoms with E-state index in [-0.39, 0.29) is 0 Å². The van der Waals surface area contributed by atoms with Crippen LogP contribution in [0, 0.1) is 0 Å². The Hall–Kier alpha value is -2.80. The van der Waals surface area contributed by atoms with Crippen molar-refractivity contribution in [3.63, 3.8) is 0 Å². The molecule has 0 unspecified atom stereocenters. The highest BCUT2D eigenvalue weighted by Crippen LogP contribution is 2.40. The van der Waals surface area contributed by atoms with Crippen LogP contribution in [0.1, 0.15) is 16.7 Å². The van der Waals surface area contributed by atoms with Gasteiger partial charge in [0.15, 0.2) is 0 Å². The van der Waals surface area contributed by atoms with Crippen LogP contribution in [0.3, 0.4) is 0 Å². The molecule has 0 aliphatic rings. The minimum atomic E-state index is -1.59. The molecule has 0 spiro atoms. The van der Waals surface area contributed by atoms with Gasteiger partial charge < -0.3 is 10.0 Å². The van der Waals surface area contributed by atoms with Gasteiger partial charge in [0.1, 0.15) is 10.6 Å². The quantitative estimate of drug-likeness (QED) is 0.297. The number of hydrogen-bond donors (Lipinski definition) is 2. The summed E-state index contributed by atoms with van der Waals surface area (Å²) in [5, 5.41) is 25.2. The third-order valence-electron chi connectivity index (χ3n) is 5.10. The molecule has 0 amide bonds. The second-order valence-electron chi connectivity index (χ2n) is 6.72. The Morgan fingerprint density at radius 1 is 0.759 bits per heavy atom. The van der Waals surface area contributed by atoms with E-state index in [0.29, 0.717) is 10.5 Å². The summed E-state index contributed by atoms with van der Waals surface area (Å²) in [6.07, 6.45) is 3.62. The summed E-state index contributed by atoms with van der Waals surface area (Å²) in [5.41, 5.74) is 2.73. The fraction of sp³-hybridized carbons (Fsp3) is 0.0870. The zero-order valence-corrected chi connectivity index (χ0v) is 16.8. The van der Waals surface area contributed by atoms with Gasteiger partial charge in [-0.2, -0.15) is 5.10 Å². The minimum absolute atomic E-state index is 0.393. The van der Waals surface area contributed by atoms with Crippen LogP contribution >= 0.6 is 11.8 Å². The average Bonchev–Trinajstić information content (AvgIpc) is 3.22. The van der Waals surface area contributed by atoms with Crippen LogP contribution in [0.15, 0.2) is 102 Å². The summed E-state index contributed by atoms with van der Waals surface area (Å²) in [5.74, 6) is 0. The van der Waals surface area contributed by atoms with Crippen LogP contribution in [0.4, 0.5) is 0 Å². The van der Waals surface area contributed by atoms with Gasteiger partial charge >= 0.3 is 7.12 Å². The molecule has 0 saturated carbocycles. The lowest BCUT2D eigenvalue weighted by Crippen LogP contribution is -2.39. The molecule has 0 radical (unpaired) electrons. The maximum atomic E-state index is 9.92. The molecule has 4 aromatic rings. The van der Waals surface area contributed by atoms with E-state index in [1.54, 1.807) is 6.20 Å². The van der Waals surface area contributed by atoms with Crippen LogP contribution in [0.25, 0.3) is 0 Å². The molecule has 4 nitrogen and oxygen atoms in total. The molecule has 2 N–H and O–H groups in total. The maximum absolute atomic E-state index is 9.92. The first-order chi connectivity index (χ1) is 14.2. The van der Waals surface area contributed by atoms with Crippen molar-refractivity contribution >= 4 is 24.3 Å². The Labute approximate surface area is 175 Å². The van der Waals surface area contributed by atoms with Crippen LogP contribution in [-0.4, -0.2) is 33.2 Å². The molecule has 0 atom stereocenters. The first-order valence-corrected chi connectivity index (χ1v) is 10.6. The van der Waals surface area contributed by atoms with Crippen molar-refractivity contribution in [1.82, 2.24) is 9.78 Å². The lowest BCUT2D eigenvalue weighted by Gasteiger charge is -2.36. The number of nitrogens with zero attached hydrogens (tertiary/aromatic N) is 2. The Morgan fingerprint density at radius 2 is 1.17 bits per heavy atom. The molecule has 144 valence electrons. The summed E-state index contributed by atoms with van der Waals surface area (Å²) in [6, 6.07) is 30.5. The van der Waals surface area contributed by atoms with E-state index in [9.17, 15) is 10.0 Å². The molecule has 0 aliphatic carbocycles. The highest BCUT2D eigenvalue weighted by molar-refractivity contribution is 7.98. The van der Waals surface area contributed by atoms with Gasteiger partial charge in [0.25, 0.3) is 0 Å². The summed E-state index contributed by atoms with van der Waals surface area (Å²) >= 11 is 1.39. The Morgan fingerprint density at radius 3 is 1.48 bits per heavy atom. The van der Waals surface area contributed by atoms with E-state index in [1.165, 1.54) is 11.8 Å². The predicted octanol–water partition coefficient (Wildman–Crippen LogP) is 3.13. The lowest BCUT2D eigenvalue weighted by molar-refractivity contribution is 0.424. The van der Waals surface area contributed by atoms with Crippen LogP contribution in [-0.2, 0) is 5.54 Å². The first-order valence-electron chi connectivity index (χ1n) is 9.34. The zero-order chi connectivity index (χ0) is 20.3. The SMILES string of the molecule is CSc1nn(C(c2ccccc2)(c2ccccc2)c2ccccc2)cc1B(O)O. The molecule has 6 heteroatoms. The molecule has 3 aromatic carbocycles. The Bertz CT molecular complexity index is 973. The first kappa shape index (κ1) is 19.5. The van der Waals surface area contributed by atoms with Crippen molar-refractivity contribution < 1.29 is 10.0 Å². The van der Waals surface area contributed by atoms with Crippen LogP contribution < -0.4 is 5.46 Å².